The predicted octanol–water partition coefficient (Wildman–Crippen LogP) is 2.90. The van der Waals surface area contributed by atoms with Gasteiger partial charge in [-0.15, -0.1) is 0 Å². The van der Waals surface area contributed by atoms with E-state index in [1.807, 2.05) is 0 Å². The Morgan fingerprint density at radius 3 is 2.54 bits per heavy atom. The van der Waals surface area contributed by atoms with Crippen molar-refractivity contribution in [1.29, 1.82) is 0 Å². The number of rotatable bonds is 5. The fourth-order valence-corrected chi connectivity index (χ4v) is 4.16. The van der Waals surface area contributed by atoms with Crippen molar-refractivity contribution in [3.8, 4) is 17.2 Å². The van der Waals surface area contributed by atoms with Gasteiger partial charge in [0.05, 0.1) is 42.1 Å². The standard InChI is InChI=1S/C18H19ClN2O6S/c1-11(22)21-6-7-27-16-5-4-12(8-15(16)21)28(23,24)20-14-9-13(19)17(25-2)10-18(14)26-3/h4-5,8-10,20H,6-7H2,1-3H3. The second-order valence-corrected chi connectivity index (χ2v) is 8.03. The molecule has 0 bridgehead atoms. The van der Waals surface area contributed by atoms with Gasteiger partial charge < -0.3 is 19.1 Å². The van der Waals surface area contributed by atoms with Crippen molar-refractivity contribution in [3.63, 3.8) is 0 Å². The molecular formula is C18H19ClN2O6S. The molecule has 0 radical (unpaired) electrons. The van der Waals surface area contributed by atoms with Gasteiger partial charge >= 0.3 is 0 Å². The normalized spacial score (nSPS) is 13.4. The molecule has 0 saturated carbocycles. The lowest BCUT2D eigenvalue weighted by Crippen LogP contribution is -2.36. The van der Waals surface area contributed by atoms with E-state index in [1.165, 1.54) is 56.4 Å². The summed E-state index contributed by atoms with van der Waals surface area (Å²) in [7, 11) is -1.14. The minimum atomic E-state index is -3.99. The fraction of sp³-hybridized carbons (Fsp3) is 0.278. The van der Waals surface area contributed by atoms with Crippen LogP contribution in [0.15, 0.2) is 35.2 Å². The van der Waals surface area contributed by atoms with Crippen LogP contribution >= 0.6 is 11.6 Å². The fourth-order valence-electron chi connectivity index (χ4n) is 2.84. The molecule has 0 aromatic heterocycles. The average molecular weight is 427 g/mol. The van der Waals surface area contributed by atoms with Crippen LogP contribution in [0.4, 0.5) is 11.4 Å². The highest BCUT2D eigenvalue weighted by atomic mass is 35.5. The third-order valence-corrected chi connectivity index (χ3v) is 5.86. The highest BCUT2D eigenvalue weighted by Gasteiger charge is 2.25. The van der Waals surface area contributed by atoms with Crippen molar-refractivity contribution in [2.75, 3.05) is 37.0 Å². The number of sulfonamides is 1. The number of carbonyl (C=O) groups is 1. The molecule has 1 amide bonds. The molecule has 0 spiro atoms. The Morgan fingerprint density at radius 2 is 1.89 bits per heavy atom. The molecule has 1 aliphatic heterocycles. The topological polar surface area (TPSA) is 94.2 Å². The van der Waals surface area contributed by atoms with E-state index in [0.717, 1.165) is 0 Å². The quantitative estimate of drug-likeness (QED) is 0.790. The van der Waals surface area contributed by atoms with Crippen LogP contribution in [0.2, 0.25) is 5.02 Å². The van der Waals surface area contributed by atoms with Crippen LogP contribution < -0.4 is 23.8 Å². The lowest BCUT2D eigenvalue weighted by Gasteiger charge is -2.29. The van der Waals surface area contributed by atoms with Crippen molar-refractivity contribution in [2.24, 2.45) is 0 Å². The van der Waals surface area contributed by atoms with Gasteiger partial charge in [0.25, 0.3) is 10.0 Å². The van der Waals surface area contributed by atoms with E-state index in [0.29, 0.717) is 30.3 Å². The van der Waals surface area contributed by atoms with Crippen LogP contribution in [-0.2, 0) is 14.8 Å². The third-order valence-electron chi connectivity index (χ3n) is 4.20. The van der Waals surface area contributed by atoms with Crippen molar-refractivity contribution < 1.29 is 27.4 Å². The number of nitrogens with one attached hydrogen (secondary N) is 1. The van der Waals surface area contributed by atoms with E-state index in [-0.39, 0.29) is 27.3 Å². The first-order valence-electron chi connectivity index (χ1n) is 8.26. The molecule has 0 fully saturated rings. The van der Waals surface area contributed by atoms with Gasteiger partial charge in [-0.25, -0.2) is 8.42 Å². The number of hydrogen-bond acceptors (Lipinski definition) is 6. The predicted molar refractivity (Wildman–Crippen MR) is 105 cm³/mol. The summed E-state index contributed by atoms with van der Waals surface area (Å²) in [6, 6.07) is 7.22. The van der Waals surface area contributed by atoms with Crippen molar-refractivity contribution in [3.05, 3.63) is 35.4 Å². The molecule has 2 aromatic carbocycles. The maximum Gasteiger partial charge on any atom is 0.262 e. The van der Waals surface area contributed by atoms with Crippen LogP contribution in [0.5, 0.6) is 17.2 Å². The summed E-state index contributed by atoms with van der Waals surface area (Å²) in [5, 5.41) is 0.225. The smallest absolute Gasteiger partial charge is 0.262 e. The number of carbonyl (C=O) groups excluding carboxylic acids is 1. The van der Waals surface area contributed by atoms with Crippen molar-refractivity contribution in [2.45, 2.75) is 11.8 Å². The molecule has 0 unspecified atom stereocenters. The summed E-state index contributed by atoms with van der Waals surface area (Å²) in [6.45, 7) is 2.11. The Bertz CT molecular complexity index is 1020. The zero-order valence-electron chi connectivity index (χ0n) is 15.5. The van der Waals surface area contributed by atoms with Crippen molar-refractivity contribution >= 4 is 38.9 Å². The number of benzene rings is 2. The number of hydrogen-bond donors (Lipinski definition) is 1. The SMILES string of the molecule is COc1cc(OC)c(NS(=O)(=O)c2ccc3c(c2)N(C(C)=O)CCO3)cc1Cl. The molecule has 2 aromatic rings. The second kappa shape index (κ2) is 7.76. The lowest BCUT2D eigenvalue weighted by molar-refractivity contribution is -0.116. The lowest BCUT2D eigenvalue weighted by atomic mass is 10.2. The molecule has 10 heteroatoms. The molecule has 28 heavy (non-hydrogen) atoms. The monoisotopic (exact) mass is 426 g/mol. The van der Waals surface area contributed by atoms with E-state index >= 15 is 0 Å². The molecule has 0 saturated heterocycles. The minimum absolute atomic E-state index is 0.0306. The molecule has 0 aliphatic carbocycles. The largest absolute Gasteiger partial charge is 0.495 e. The van der Waals surface area contributed by atoms with Gasteiger partial charge in [-0.3, -0.25) is 9.52 Å². The third kappa shape index (κ3) is 3.81. The van der Waals surface area contributed by atoms with Gasteiger partial charge in [0.1, 0.15) is 23.9 Å². The first-order valence-corrected chi connectivity index (χ1v) is 10.1. The summed E-state index contributed by atoms with van der Waals surface area (Å²) in [6.07, 6.45) is 0. The molecule has 1 heterocycles. The molecular weight excluding hydrogens is 408 g/mol. The summed E-state index contributed by atoms with van der Waals surface area (Å²) in [4.78, 5) is 13.3. The summed E-state index contributed by atoms with van der Waals surface area (Å²) >= 11 is 6.11. The van der Waals surface area contributed by atoms with Gasteiger partial charge in [0, 0.05) is 13.0 Å². The first kappa shape index (κ1) is 20.1. The van der Waals surface area contributed by atoms with Crippen LogP contribution in [-0.4, -0.2) is 41.7 Å². The van der Waals surface area contributed by atoms with Crippen LogP contribution in [0.25, 0.3) is 0 Å². The molecule has 8 nitrogen and oxygen atoms in total. The average Bonchev–Trinajstić information content (AvgIpc) is 2.66. The van der Waals surface area contributed by atoms with Crippen molar-refractivity contribution in [1.82, 2.24) is 0 Å². The minimum Gasteiger partial charge on any atom is -0.495 e. The van der Waals surface area contributed by atoms with Crippen LogP contribution in [0.1, 0.15) is 6.92 Å². The zero-order chi connectivity index (χ0) is 20.5. The Labute approximate surface area is 168 Å². The molecule has 0 atom stereocenters. The Kier molecular flexibility index (Phi) is 5.57. The number of ether oxygens (including phenoxy) is 3. The zero-order valence-corrected chi connectivity index (χ0v) is 17.1. The Morgan fingerprint density at radius 1 is 1.18 bits per heavy atom. The van der Waals surface area contributed by atoms with Crippen LogP contribution in [0.3, 0.4) is 0 Å². The molecule has 1 aliphatic rings. The maximum atomic E-state index is 12.9. The number of fused-ring (bicyclic) bond motifs is 1. The molecule has 150 valence electrons. The Balaban J connectivity index is 2.00. The van der Waals surface area contributed by atoms with E-state index in [9.17, 15) is 13.2 Å². The highest BCUT2D eigenvalue weighted by molar-refractivity contribution is 7.92. The number of methoxy groups -OCH3 is 2. The van der Waals surface area contributed by atoms with Gasteiger partial charge in [0.15, 0.2) is 0 Å². The van der Waals surface area contributed by atoms with E-state index < -0.39 is 10.0 Å². The van der Waals surface area contributed by atoms with Gasteiger partial charge in [-0.05, 0) is 24.3 Å². The highest BCUT2D eigenvalue weighted by Crippen LogP contribution is 2.38. The van der Waals surface area contributed by atoms with Gasteiger partial charge in [0.2, 0.25) is 5.91 Å². The van der Waals surface area contributed by atoms with Crippen LogP contribution in [0, 0.1) is 0 Å². The number of anilines is 2. The van der Waals surface area contributed by atoms with Gasteiger partial charge in [-0.1, -0.05) is 11.6 Å². The number of amides is 1. The van der Waals surface area contributed by atoms with Gasteiger partial charge in [-0.2, -0.15) is 0 Å². The number of halogens is 1. The van der Waals surface area contributed by atoms with E-state index in [4.69, 9.17) is 25.8 Å². The maximum absolute atomic E-state index is 12.9. The summed E-state index contributed by atoms with van der Waals surface area (Å²) in [5.74, 6) is 0.849. The van der Waals surface area contributed by atoms with E-state index in [1.54, 1.807) is 0 Å². The summed E-state index contributed by atoms with van der Waals surface area (Å²) in [5.41, 5.74) is 0.562. The summed E-state index contributed by atoms with van der Waals surface area (Å²) < 4.78 is 44.1. The van der Waals surface area contributed by atoms with E-state index in [2.05, 4.69) is 4.72 Å². The number of nitrogens with zero attached hydrogens (tertiary/aromatic N) is 1. The molecule has 3 rings (SSSR count). The Hall–Kier alpha value is -2.65. The molecule has 1 N–H and O–H groups in total. The second-order valence-electron chi connectivity index (χ2n) is 5.94. The first-order chi connectivity index (χ1) is 13.3.